The van der Waals surface area contributed by atoms with E-state index in [0.717, 1.165) is 19.1 Å². The molecule has 0 N–H and O–H groups in total. The molecule has 2 saturated heterocycles. The molecule has 0 bridgehead atoms. The van der Waals surface area contributed by atoms with E-state index in [4.69, 9.17) is 0 Å². The number of likely N-dealkylation sites (tertiary alicyclic amines) is 1. The third-order valence-corrected chi connectivity index (χ3v) is 7.61. The van der Waals surface area contributed by atoms with E-state index in [2.05, 4.69) is 49.3 Å². The normalized spacial score (nSPS) is 25.5. The Bertz CT molecular complexity index is 739. The van der Waals surface area contributed by atoms with Crippen molar-refractivity contribution in [2.45, 2.75) is 44.2 Å². The van der Waals surface area contributed by atoms with Gasteiger partial charge in [0.15, 0.2) is 5.13 Å². The molecule has 0 spiro atoms. The molecule has 1 unspecified atom stereocenters. The van der Waals surface area contributed by atoms with Crippen LogP contribution in [0.3, 0.4) is 0 Å². The van der Waals surface area contributed by atoms with Gasteiger partial charge < -0.3 is 4.90 Å². The summed E-state index contributed by atoms with van der Waals surface area (Å²) in [5, 5.41) is 3.29. The highest BCUT2D eigenvalue weighted by molar-refractivity contribution is 7.13. The molecule has 2 aliphatic heterocycles. The number of piperidine rings is 1. The van der Waals surface area contributed by atoms with Crippen molar-refractivity contribution in [1.29, 1.82) is 0 Å². The number of hydrogen-bond donors (Lipinski definition) is 0. The van der Waals surface area contributed by atoms with Gasteiger partial charge in [-0.3, -0.25) is 9.80 Å². The number of benzene rings is 1. The first-order chi connectivity index (χ1) is 13.4. The van der Waals surface area contributed by atoms with E-state index in [9.17, 15) is 0 Å². The Morgan fingerprint density at radius 3 is 2.63 bits per heavy atom. The number of rotatable bonds is 3. The topological polar surface area (TPSA) is 22.6 Å². The van der Waals surface area contributed by atoms with Gasteiger partial charge in [-0.1, -0.05) is 24.3 Å². The second-order valence-corrected chi connectivity index (χ2v) is 9.08. The number of aromatic nitrogens is 1. The predicted octanol–water partition coefficient (Wildman–Crippen LogP) is 3.81. The molecule has 1 aromatic carbocycles. The minimum absolute atomic E-state index is 0.673. The molecule has 2 fully saturated rings. The smallest absolute Gasteiger partial charge is 0.185 e. The maximum absolute atomic E-state index is 4.51. The SMILES string of the molecule is c1ccc2c(c1)CCC2N1CCC(N2CCCN(c3nccs3)CC2)CC1. The van der Waals surface area contributed by atoms with Crippen LogP contribution in [-0.4, -0.2) is 60.1 Å². The van der Waals surface area contributed by atoms with Crippen molar-refractivity contribution in [3.8, 4) is 0 Å². The zero-order chi connectivity index (χ0) is 18.1. The van der Waals surface area contributed by atoms with Crippen LogP contribution in [0.5, 0.6) is 0 Å². The summed E-state index contributed by atoms with van der Waals surface area (Å²) in [6.45, 7) is 7.24. The molecule has 5 heteroatoms. The van der Waals surface area contributed by atoms with Crippen molar-refractivity contribution in [2.75, 3.05) is 44.2 Å². The Balaban J connectivity index is 1.17. The van der Waals surface area contributed by atoms with E-state index in [0.29, 0.717) is 6.04 Å². The monoisotopic (exact) mass is 382 g/mol. The molecule has 1 aliphatic carbocycles. The highest BCUT2D eigenvalue weighted by atomic mass is 32.1. The van der Waals surface area contributed by atoms with Gasteiger partial charge in [0, 0.05) is 62.9 Å². The van der Waals surface area contributed by atoms with Crippen molar-refractivity contribution < 1.29 is 0 Å². The standard InChI is InChI=1S/C22H30N4S/c1-2-5-20-18(4-1)6-7-21(20)25-13-8-19(9-14-25)24-11-3-12-26(16-15-24)22-23-10-17-27-22/h1-2,4-5,10,17,19,21H,3,6-9,11-16H2. The molecule has 3 heterocycles. The van der Waals surface area contributed by atoms with Crippen LogP contribution in [0.4, 0.5) is 5.13 Å². The van der Waals surface area contributed by atoms with Crippen molar-refractivity contribution >= 4 is 16.5 Å². The summed E-state index contributed by atoms with van der Waals surface area (Å²) in [5.74, 6) is 0. The van der Waals surface area contributed by atoms with Crippen LogP contribution in [0.25, 0.3) is 0 Å². The largest absolute Gasteiger partial charge is 0.347 e. The summed E-state index contributed by atoms with van der Waals surface area (Å²) in [4.78, 5) is 12.5. The molecule has 0 saturated carbocycles. The van der Waals surface area contributed by atoms with Crippen molar-refractivity contribution in [3.05, 3.63) is 47.0 Å². The summed E-state index contributed by atoms with van der Waals surface area (Å²) in [6.07, 6.45) is 8.43. The molecule has 1 atom stereocenters. The van der Waals surface area contributed by atoms with Gasteiger partial charge in [0.2, 0.25) is 0 Å². The number of fused-ring (bicyclic) bond motifs is 1. The third-order valence-electron chi connectivity index (χ3n) is 6.78. The Labute approximate surface area is 166 Å². The van der Waals surface area contributed by atoms with Gasteiger partial charge >= 0.3 is 0 Å². The zero-order valence-corrected chi connectivity index (χ0v) is 16.9. The summed E-state index contributed by atoms with van der Waals surface area (Å²) < 4.78 is 0. The van der Waals surface area contributed by atoms with Crippen LogP contribution >= 0.6 is 11.3 Å². The maximum atomic E-state index is 4.51. The van der Waals surface area contributed by atoms with Gasteiger partial charge in [0.1, 0.15) is 0 Å². The summed E-state index contributed by atoms with van der Waals surface area (Å²) in [5.41, 5.74) is 3.18. The van der Waals surface area contributed by atoms with Crippen molar-refractivity contribution in [1.82, 2.24) is 14.8 Å². The minimum atomic E-state index is 0.673. The molecule has 144 valence electrons. The second-order valence-electron chi connectivity index (χ2n) is 8.21. The summed E-state index contributed by atoms with van der Waals surface area (Å²) in [7, 11) is 0. The Morgan fingerprint density at radius 1 is 0.889 bits per heavy atom. The lowest BCUT2D eigenvalue weighted by molar-refractivity contribution is 0.0869. The minimum Gasteiger partial charge on any atom is -0.347 e. The first-order valence-corrected chi connectivity index (χ1v) is 11.5. The average Bonchev–Trinajstić information content (AvgIpc) is 3.34. The van der Waals surface area contributed by atoms with Crippen molar-refractivity contribution in [2.24, 2.45) is 0 Å². The lowest BCUT2D eigenvalue weighted by Gasteiger charge is -2.40. The van der Waals surface area contributed by atoms with Gasteiger partial charge in [0.25, 0.3) is 0 Å². The fourth-order valence-corrected chi connectivity index (χ4v) is 6.04. The molecule has 27 heavy (non-hydrogen) atoms. The van der Waals surface area contributed by atoms with Gasteiger partial charge in [-0.15, -0.1) is 11.3 Å². The number of hydrogen-bond acceptors (Lipinski definition) is 5. The fraction of sp³-hybridized carbons (Fsp3) is 0.591. The quantitative estimate of drug-likeness (QED) is 0.805. The molecule has 1 aromatic heterocycles. The number of nitrogens with zero attached hydrogens (tertiary/aromatic N) is 4. The van der Waals surface area contributed by atoms with Gasteiger partial charge in [0.05, 0.1) is 0 Å². The van der Waals surface area contributed by atoms with Gasteiger partial charge in [-0.05, 0) is 43.2 Å². The Hall–Kier alpha value is -1.43. The number of thiazole rings is 1. The molecule has 2 aromatic rings. The van der Waals surface area contributed by atoms with Crippen LogP contribution in [0.2, 0.25) is 0 Å². The molecule has 4 nitrogen and oxygen atoms in total. The van der Waals surface area contributed by atoms with Crippen LogP contribution in [0, 0.1) is 0 Å². The number of anilines is 1. The summed E-state index contributed by atoms with van der Waals surface area (Å²) in [6, 6.07) is 10.5. The number of aryl methyl sites for hydroxylation is 1. The fourth-order valence-electron chi connectivity index (χ4n) is 5.34. The highest BCUT2D eigenvalue weighted by Crippen LogP contribution is 2.37. The van der Waals surface area contributed by atoms with Gasteiger partial charge in [-0.25, -0.2) is 4.98 Å². The average molecular weight is 383 g/mol. The molecule has 0 amide bonds. The van der Waals surface area contributed by atoms with E-state index in [1.807, 2.05) is 6.20 Å². The van der Waals surface area contributed by atoms with E-state index in [1.54, 1.807) is 22.5 Å². The molecular formula is C22H30N4S. The van der Waals surface area contributed by atoms with E-state index in [-0.39, 0.29) is 0 Å². The highest BCUT2D eigenvalue weighted by Gasteiger charge is 2.32. The molecule has 5 rings (SSSR count). The lowest BCUT2D eigenvalue weighted by atomic mass is 9.99. The molecule has 0 radical (unpaired) electrons. The van der Waals surface area contributed by atoms with Crippen LogP contribution in [0.15, 0.2) is 35.8 Å². The summed E-state index contributed by atoms with van der Waals surface area (Å²) >= 11 is 1.77. The van der Waals surface area contributed by atoms with E-state index < -0.39 is 0 Å². The van der Waals surface area contributed by atoms with Crippen LogP contribution < -0.4 is 4.90 Å². The third kappa shape index (κ3) is 3.65. The maximum Gasteiger partial charge on any atom is 0.185 e. The Kier molecular flexibility index (Phi) is 5.16. The first-order valence-electron chi connectivity index (χ1n) is 10.6. The predicted molar refractivity (Wildman–Crippen MR) is 113 cm³/mol. The van der Waals surface area contributed by atoms with E-state index >= 15 is 0 Å². The van der Waals surface area contributed by atoms with Crippen LogP contribution in [-0.2, 0) is 6.42 Å². The Morgan fingerprint density at radius 2 is 1.78 bits per heavy atom. The lowest BCUT2D eigenvalue weighted by Crippen LogP contribution is -2.46. The van der Waals surface area contributed by atoms with Gasteiger partial charge in [-0.2, -0.15) is 0 Å². The first kappa shape index (κ1) is 17.7. The molecular weight excluding hydrogens is 352 g/mol. The molecule has 3 aliphatic rings. The van der Waals surface area contributed by atoms with Crippen LogP contribution in [0.1, 0.15) is 42.9 Å². The zero-order valence-electron chi connectivity index (χ0n) is 16.1. The van der Waals surface area contributed by atoms with E-state index in [1.165, 1.54) is 63.4 Å². The van der Waals surface area contributed by atoms with Crippen molar-refractivity contribution in [3.63, 3.8) is 0 Å². The second kappa shape index (κ2) is 7.90.